The Hall–Kier alpha value is -1.85. The minimum Gasteiger partial charge on any atom is -0.465 e. The van der Waals surface area contributed by atoms with Crippen molar-refractivity contribution in [3.63, 3.8) is 0 Å². The first kappa shape index (κ1) is 16.0. The zero-order valence-electron chi connectivity index (χ0n) is 13.1. The minimum atomic E-state index is -0.428. The fourth-order valence-corrected chi connectivity index (χ4v) is 3.79. The molecule has 0 atom stereocenters. The van der Waals surface area contributed by atoms with Crippen LogP contribution in [0.5, 0.6) is 0 Å². The summed E-state index contributed by atoms with van der Waals surface area (Å²) in [6.45, 7) is 4.39. The molecule has 4 nitrogen and oxygen atoms in total. The van der Waals surface area contributed by atoms with Crippen LogP contribution in [0.3, 0.4) is 0 Å². The van der Waals surface area contributed by atoms with Crippen LogP contribution in [0.25, 0.3) is 10.4 Å². The number of ether oxygens (including phenoxy) is 1. The summed E-state index contributed by atoms with van der Waals surface area (Å²) in [6.07, 6.45) is 0. The highest BCUT2D eigenvalue weighted by Gasteiger charge is 2.46. The average molecular weight is 350 g/mol. The van der Waals surface area contributed by atoms with Crippen molar-refractivity contribution in [2.75, 3.05) is 18.6 Å². The van der Waals surface area contributed by atoms with E-state index >= 15 is 0 Å². The van der Waals surface area contributed by atoms with E-state index in [1.54, 1.807) is 17.0 Å². The predicted molar refractivity (Wildman–Crippen MR) is 92.2 cm³/mol. The molecule has 1 fully saturated rings. The molecule has 120 valence electrons. The van der Waals surface area contributed by atoms with Gasteiger partial charge in [-0.15, -0.1) is 11.3 Å². The lowest BCUT2D eigenvalue weighted by molar-refractivity contribution is -0.132. The largest absolute Gasteiger partial charge is 0.465 e. The number of methoxy groups -OCH3 is 1. The van der Waals surface area contributed by atoms with Crippen LogP contribution in [-0.2, 0) is 9.53 Å². The topological polar surface area (TPSA) is 46.6 Å². The molecule has 1 aromatic carbocycles. The molecule has 2 aromatic rings. The molecule has 0 aliphatic carbocycles. The molecule has 3 rings (SSSR count). The van der Waals surface area contributed by atoms with Crippen molar-refractivity contribution in [1.29, 1.82) is 0 Å². The number of carbonyl (C=O) groups is 2. The molecule has 2 heterocycles. The van der Waals surface area contributed by atoms with E-state index in [1.165, 1.54) is 18.4 Å². The Balaban J connectivity index is 2.03. The number of benzene rings is 1. The fraction of sp³-hybridized carbons (Fsp3) is 0.294. The SMILES string of the molecule is COC(=O)c1sc(-c2ccc(Cl)cc2)cc1N1CC(C)(C)C1=O. The van der Waals surface area contributed by atoms with Crippen LogP contribution < -0.4 is 4.90 Å². The van der Waals surface area contributed by atoms with E-state index in [0.29, 0.717) is 22.1 Å². The fourth-order valence-electron chi connectivity index (χ4n) is 2.58. The molecule has 1 amide bonds. The van der Waals surface area contributed by atoms with Crippen molar-refractivity contribution in [3.05, 3.63) is 40.2 Å². The first-order chi connectivity index (χ1) is 10.8. The van der Waals surface area contributed by atoms with Gasteiger partial charge >= 0.3 is 5.97 Å². The van der Waals surface area contributed by atoms with E-state index in [2.05, 4.69) is 0 Å². The van der Waals surface area contributed by atoms with Crippen molar-refractivity contribution in [3.8, 4) is 10.4 Å². The summed E-state index contributed by atoms with van der Waals surface area (Å²) in [7, 11) is 1.34. The Morgan fingerprint density at radius 2 is 1.96 bits per heavy atom. The normalized spacial score (nSPS) is 16.2. The van der Waals surface area contributed by atoms with Crippen LogP contribution in [0.1, 0.15) is 23.5 Å². The van der Waals surface area contributed by atoms with Crippen LogP contribution in [0.4, 0.5) is 5.69 Å². The monoisotopic (exact) mass is 349 g/mol. The van der Waals surface area contributed by atoms with Crippen LogP contribution >= 0.6 is 22.9 Å². The minimum absolute atomic E-state index is 0.0168. The second-order valence-electron chi connectivity index (χ2n) is 6.10. The van der Waals surface area contributed by atoms with E-state index in [9.17, 15) is 9.59 Å². The van der Waals surface area contributed by atoms with E-state index < -0.39 is 5.97 Å². The Morgan fingerprint density at radius 1 is 1.30 bits per heavy atom. The highest BCUT2D eigenvalue weighted by Crippen LogP contribution is 2.43. The van der Waals surface area contributed by atoms with Gasteiger partial charge < -0.3 is 9.64 Å². The van der Waals surface area contributed by atoms with Crippen molar-refractivity contribution in [2.45, 2.75) is 13.8 Å². The Kier molecular flexibility index (Phi) is 3.94. The third-order valence-corrected chi connectivity index (χ3v) is 5.29. The van der Waals surface area contributed by atoms with E-state index in [0.717, 1.165) is 10.4 Å². The average Bonchev–Trinajstić information content (AvgIpc) is 2.97. The lowest BCUT2D eigenvalue weighted by Crippen LogP contribution is -2.58. The quantitative estimate of drug-likeness (QED) is 0.615. The lowest BCUT2D eigenvalue weighted by atomic mass is 9.82. The molecule has 0 saturated carbocycles. The molecule has 0 spiro atoms. The van der Waals surface area contributed by atoms with Crippen molar-refractivity contribution >= 4 is 40.5 Å². The van der Waals surface area contributed by atoms with Gasteiger partial charge in [-0.05, 0) is 37.6 Å². The van der Waals surface area contributed by atoms with Gasteiger partial charge in [-0.2, -0.15) is 0 Å². The van der Waals surface area contributed by atoms with Gasteiger partial charge in [0.05, 0.1) is 18.2 Å². The van der Waals surface area contributed by atoms with Gasteiger partial charge in [-0.1, -0.05) is 23.7 Å². The molecule has 6 heteroatoms. The van der Waals surface area contributed by atoms with Crippen molar-refractivity contribution in [1.82, 2.24) is 0 Å². The number of anilines is 1. The summed E-state index contributed by atoms with van der Waals surface area (Å²) in [6, 6.07) is 9.24. The molecular formula is C17H16ClNO3S. The number of rotatable bonds is 3. The van der Waals surface area contributed by atoms with Gasteiger partial charge in [0.2, 0.25) is 5.91 Å². The summed E-state index contributed by atoms with van der Waals surface area (Å²) in [4.78, 5) is 27.4. The second-order valence-corrected chi connectivity index (χ2v) is 7.59. The van der Waals surface area contributed by atoms with Gasteiger partial charge in [0.15, 0.2) is 0 Å². The highest BCUT2D eigenvalue weighted by molar-refractivity contribution is 7.18. The highest BCUT2D eigenvalue weighted by atomic mass is 35.5. The molecule has 23 heavy (non-hydrogen) atoms. The number of amides is 1. The summed E-state index contributed by atoms with van der Waals surface area (Å²) in [5.74, 6) is -0.411. The molecule has 1 aliphatic rings. The Labute approximate surface area is 143 Å². The van der Waals surface area contributed by atoms with Crippen LogP contribution in [-0.4, -0.2) is 25.5 Å². The lowest BCUT2D eigenvalue weighted by Gasteiger charge is -2.44. The number of hydrogen-bond acceptors (Lipinski definition) is 4. The molecular weight excluding hydrogens is 334 g/mol. The zero-order chi connectivity index (χ0) is 16.8. The molecule has 1 aliphatic heterocycles. The first-order valence-electron chi connectivity index (χ1n) is 7.13. The summed E-state index contributed by atoms with van der Waals surface area (Å²) in [5.41, 5.74) is 1.19. The number of hydrogen-bond donors (Lipinski definition) is 0. The zero-order valence-corrected chi connectivity index (χ0v) is 14.6. The maximum atomic E-state index is 12.3. The molecule has 1 saturated heterocycles. The predicted octanol–water partition coefficient (Wildman–Crippen LogP) is 4.23. The van der Waals surface area contributed by atoms with Gasteiger partial charge in [0.1, 0.15) is 4.88 Å². The summed E-state index contributed by atoms with van der Waals surface area (Å²) < 4.78 is 4.86. The number of carbonyl (C=O) groups excluding carboxylic acids is 2. The number of nitrogens with zero attached hydrogens (tertiary/aromatic N) is 1. The van der Waals surface area contributed by atoms with Crippen molar-refractivity contribution in [2.24, 2.45) is 5.41 Å². The molecule has 1 aromatic heterocycles. The van der Waals surface area contributed by atoms with Gasteiger partial charge in [-0.25, -0.2) is 4.79 Å². The number of thiophene rings is 1. The van der Waals surface area contributed by atoms with Crippen LogP contribution in [0.2, 0.25) is 5.02 Å². The summed E-state index contributed by atoms with van der Waals surface area (Å²) in [5, 5.41) is 0.651. The van der Waals surface area contributed by atoms with Gasteiger partial charge in [0, 0.05) is 16.4 Å². The first-order valence-corrected chi connectivity index (χ1v) is 8.33. The van der Waals surface area contributed by atoms with Gasteiger partial charge in [0.25, 0.3) is 0 Å². The molecule has 0 bridgehead atoms. The molecule has 0 radical (unpaired) electrons. The van der Waals surface area contributed by atoms with Crippen LogP contribution in [0.15, 0.2) is 30.3 Å². The van der Waals surface area contributed by atoms with E-state index in [4.69, 9.17) is 16.3 Å². The number of esters is 1. The van der Waals surface area contributed by atoms with Crippen LogP contribution in [0, 0.1) is 5.41 Å². The van der Waals surface area contributed by atoms with E-state index in [-0.39, 0.29) is 11.3 Å². The standard InChI is InChI=1S/C17H16ClNO3S/c1-17(2)9-19(16(17)21)12-8-13(23-14(12)15(20)22-3)10-4-6-11(18)7-5-10/h4-8H,9H2,1-3H3. The second kappa shape index (κ2) is 5.65. The van der Waals surface area contributed by atoms with Crippen molar-refractivity contribution < 1.29 is 14.3 Å². The number of β-lactam (4-membered cyclic amide) rings is 1. The summed E-state index contributed by atoms with van der Waals surface area (Å²) >= 11 is 7.24. The van der Waals surface area contributed by atoms with Gasteiger partial charge in [-0.3, -0.25) is 4.79 Å². The maximum Gasteiger partial charge on any atom is 0.350 e. The third-order valence-electron chi connectivity index (χ3n) is 3.88. The van der Waals surface area contributed by atoms with E-state index in [1.807, 2.05) is 32.0 Å². The molecule has 0 N–H and O–H groups in total. The Bertz CT molecular complexity index is 780. The maximum absolute atomic E-state index is 12.3. The smallest absolute Gasteiger partial charge is 0.350 e. The Morgan fingerprint density at radius 3 is 2.48 bits per heavy atom. The molecule has 0 unspecified atom stereocenters. The number of halogens is 1. The third kappa shape index (κ3) is 2.75.